The minimum atomic E-state index is -0.571. The molecule has 6 rings (SSSR count). The fraction of sp³-hybridized carbons (Fsp3) is 0.292. The molecule has 3 amide bonds. The van der Waals surface area contributed by atoms with E-state index in [1.54, 1.807) is 40.1 Å². The Kier molecular flexibility index (Phi) is 5.51. The number of halogens is 1. The molecule has 0 bridgehead atoms. The molecule has 2 aromatic carbocycles. The van der Waals surface area contributed by atoms with Crippen molar-refractivity contribution < 1.29 is 28.6 Å². The molecule has 4 heterocycles. The number of rotatable bonds is 4. The van der Waals surface area contributed by atoms with Crippen molar-refractivity contribution in [3.05, 3.63) is 52.4 Å². The fourth-order valence-corrected chi connectivity index (χ4v) is 5.86. The van der Waals surface area contributed by atoms with Crippen LogP contribution in [0.15, 0.2) is 42.5 Å². The van der Waals surface area contributed by atoms with Crippen LogP contribution in [-0.2, 0) is 14.3 Å². The maximum Gasteiger partial charge on any atom is 0.415 e. The maximum absolute atomic E-state index is 12.8. The van der Waals surface area contributed by atoms with E-state index in [0.717, 1.165) is 10.1 Å². The van der Waals surface area contributed by atoms with Gasteiger partial charge in [0.1, 0.15) is 31.1 Å². The molecular formula is C24H20ClN3O6S. The molecule has 0 spiro atoms. The minimum Gasteiger partial charge on any atom is -0.489 e. The molecule has 11 heteroatoms. The molecule has 0 aliphatic carbocycles. The predicted molar refractivity (Wildman–Crippen MR) is 131 cm³/mol. The number of morpholine rings is 1. The highest BCUT2D eigenvalue weighted by Crippen LogP contribution is 2.41. The Hall–Kier alpha value is -3.34. The summed E-state index contributed by atoms with van der Waals surface area (Å²) in [5.41, 5.74) is 1.26. The van der Waals surface area contributed by atoms with E-state index in [2.05, 4.69) is 5.32 Å². The molecule has 0 unspecified atom stereocenters. The number of cyclic esters (lactones) is 1. The number of hydrogen-bond donors (Lipinski definition) is 1. The zero-order valence-electron chi connectivity index (χ0n) is 18.4. The Morgan fingerprint density at radius 1 is 1.20 bits per heavy atom. The van der Waals surface area contributed by atoms with Crippen LogP contribution in [0.4, 0.5) is 16.2 Å². The van der Waals surface area contributed by atoms with Gasteiger partial charge in [-0.15, -0.1) is 11.3 Å². The van der Waals surface area contributed by atoms with Crippen LogP contribution in [0.1, 0.15) is 9.67 Å². The molecular weight excluding hydrogens is 494 g/mol. The summed E-state index contributed by atoms with van der Waals surface area (Å²) < 4.78 is 17.7. The number of benzene rings is 2. The predicted octanol–water partition coefficient (Wildman–Crippen LogP) is 3.43. The zero-order valence-corrected chi connectivity index (χ0v) is 19.9. The SMILES string of the molecule is O=C(NC[C@@H]1OC(=O)N2c3ccc(N4CCOCC4=O)cc3OC[C@@H]12)c1cc2c(Cl)cccc2s1. The lowest BCUT2D eigenvalue weighted by Crippen LogP contribution is -2.48. The van der Waals surface area contributed by atoms with Gasteiger partial charge in [0.2, 0.25) is 0 Å². The molecule has 3 aliphatic heterocycles. The molecule has 180 valence electrons. The van der Waals surface area contributed by atoms with Crippen molar-refractivity contribution in [1.82, 2.24) is 5.32 Å². The van der Waals surface area contributed by atoms with Crippen LogP contribution in [0, 0.1) is 0 Å². The molecule has 2 atom stereocenters. The Balaban J connectivity index is 1.16. The molecule has 0 saturated carbocycles. The first-order chi connectivity index (χ1) is 17.0. The summed E-state index contributed by atoms with van der Waals surface area (Å²) in [4.78, 5) is 41.4. The summed E-state index contributed by atoms with van der Waals surface area (Å²) in [6.07, 6.45) is -1.07. The van der Waals surface area contributed by atoms with E-state index < -0.39 is 12.2 Å². The number of nitrogens with one attached hydrogen (secondary N) is 1. The van der Waals surface area contributed by atoms with Crippen molar-refractivity contribution in [2.24, 2.45) is 0 Å². The van der Waals surface area contributed by atoms with E-state index in [4.69, 9.17) is 25.8 Å². The molecule has 2 saturated heterocycles. The highest BCUT2D eigenvalue weighted by atomic mass is 35.5. The van der Waals surface area contributed by atoms with E-state index in [1.165, 1.54) is 11.3 Å². The van der Waals surface area contributed by atoms with Crippen molar-refractivity contribution in [2.45, 2.75) is 12.1 Å². The second-order valence-corrected chi connectivity index (χ2v) is 9.88. The average molecular weight is 514 g/mol. The van der Waals surface area contributed by atoms with E-state index in [-0.39, 0.29) is 37.6 Å². The maximum atomic E-state index is 12.8. The third-order valence-electron chi connectivity index (χ3n) is 6.32. The number of amides is 3. The third kappa shape index (κ3) is 3.87. The summed E-state index contributed by atoms with van der Waals surface area (Å²) in [5.74, 6) is 0.123. The summed E-state index contributed by atoms with van der Waals surface area (Å²) in [7, 11) is 0. The quantitative estimate of drug-likeness (QED) is 0.574. The van der Waals surface area contributed by atoms with Crippen molar-refractivity contribution in [3.8, 4) is 5.75 Å². The average Bonchev–Trinajstić information content (AvgIpc) is 3.45. The second-order valence-electron chi connectivity index (χ2n) is 8.39. The van der Waals surface area contributed by atoms with Gasteiger partial charge in [0.05, 0.1) is 23.7 Å². The van der Waals surface area contributed by atoms with E-state index in [9.17, 15) is 14.4 Å². The number of carbonyl (C=O) groups is 3. The lowest BCUT2D eigenvalue weighted by atomic mass is 10.1. The molecule has 3 aromatic rings. The Morgan fingerprint density at radius 3 is 2.91 bits per heavy atom. The van der Waals surface area contributed by atoms with Crippen LogP contribution in [0.5, 0.6) is 5.75 Å². The van der Waals surface area contributed by atoms with Gasteiger partial charge in [-0.2, -0.15) is 0 Å². The van der Waals surface area contributed by atoms with E-state index in [0.29, 0.717) is 40.2 Å². The Morgan fingerprint density at radius 2 is 2.09 bits per heavy atom. The normalized spacial score (nSPS) is 21.4. The summed E-state index contributed by atoms with van der Waals surface area (Å²) in [6, 6.07) is 12.2. The number of carbonyl (C=O) groups excluding carboxylic acids is 3. The highest BCUT2D eigenvalue weighted by Gasteiger charge is 2.46. The Labute approximate surface area is 209 Å². The second kappa shape index (κ2) is 8.71. The van der Waals surface area contributed by atoms with Crippen LogP contribution in [0.2, 0.25) is 5.02 Å². The van der Waals surface area contributed by atoms with Crippen molar-refractivity contribution in [2.75, 3.05) is 42.7 Å². The first kappa shape index (κ1) is 22.1. The molecule has 35 heavy (non-hydrogen) atoms. The summed E-state index contributed by atoms with van der Waals surface area (Å²) in [5, 5.41) is 4.30. The van der Waals surface area contributed by atoms with Crippen molar-refractivity contribution >= 4 is 62.3 Å². The van der Waals surface area contributed by atoms with Gasteiger partial charge in [0, 0.05) is 33.4 Å². The van der Waals surface area contributed by atoms with Crippen molar-refractivity contribution in [3.63, 3.8) is 0 Å². The van der Waals surface area contributed by atoms with E-state index in [1.807, 2.05) is 12.1 Å². The van der Waals surface area contributed by atoms with Gasteiger partial charge in [0.15, 0.2) is 0 Å². The van der Waals surface area contributed by atoms with E-state index >= 15 is 0 Å². The van der Waals surface area contributed by atoms with Gasteiger partial charge < -0.3 is 24.4 Å². The topological polar surface area (TPSA) is 97.4 Å². The van der Waals surface area contributed by atoms with Crippen LogP contribution in [0.3, 0.4) is 0 Å². The van der Waals surface area contributed by atoms with Gasteiger partial charge in [-0.1, -0.05) is 17.7 Å². The molecule has 9 nitrogen and oxygen atoms in total. The summed E-state index contributed by atoms with van der Waals surface area (Å²) >= 11 is 7.58. The summed E-state index contributed by atoms with van der Waals surface area (Å²) in [6.45, 7) is 1.32. The van der Waals surface area contributed by atoms with Crippen LogP contribution in [0.25, 0.3) is 10.1 Å². The molecule has 1 N–H and O–H groups in total. The third-order valence-corrected chi connectivity index (χ3v) is 7.74. The van der Waals surface area contributed by atoms with Crippen molar-refractivity contribution in [1.29, 1.82) is 0 Å². The van der Waals surface area contributed by atoms with Gasteiger partial charge in [-0.05, 0) is 30.3 Å². The van der Waals surface area contributed by atoms with Crippen LogP contribution < -0.4 is 19.9 Å². The standard InChI is InChI=1S/C24H20ClN3O6S/c25-15-2-1-3-20-14(15)9-21(35-20)23(30)26-10-19-17-11-33-18-8-13(27-6-7-32-12-22(27)29)4-5-16(18)28(17)24(31)34-19/h1-5,8-9,17,19H,6-7,10-12H2,(H,26,30)/t17-,19-/m0/s1. The number of hydrogen-bond acceptors (Lipinski definition) is 7. The minimum absolute atomic E-state index is 0.0421. The van der Waals surface area contributed by atoms with Gasteiger partial charge in [-0.25, -0.2) is 4.79 Å². The van der Waals surface area contributed by atoms with Gasteiger partial charge in [-0.3, -0.25) is 14.5 Å². The largest absolute Gasteiger partial charge is 0.489 e. The lowest BCUT2D eigenvalue weighted by molar-refractivity contribution is -0.125. The Bertz CT molecular complexity index is 1360. The highest BCUT2D eigenvalue weighted by molar-refractivity contribution is 7.20. The van der Waals surface area contributed by atoms with Crippen LogP contribution >= 0.6 is 22.9 Å². The number of anilines is 2. The fourth-order valence-electron chi connectivity index (χ4n) is 4.57. The van der Waals surface area contributed by atoms with Gasteiger partial charge in [0.25, 0.3) is 11.8 Å². The molecule has 2 fully saturated rings. The smallest absolute Gasteiger partial charge is 0.415 e. The first-order valence-corrected chi connectivity index (χ1v) is 12.3. The first-order valence-electron chi connectivity index (χ1n) is 11.1. The lowest BCUT2D eigenvalue weighted by Gasteiger charge is -2.33. The zero-order chi connectivity index (χ0) is 24.1. The van der Waals surface area contributed by atoms with Crippen LogP contribution in [-0.4, -0.2) is 63.0 Å². The number of nitrogens with zero attached hydrogens (tertiary/aromatic N) is 2. The number of thiophene rings is 1. The molecule has 1 aromatic heterocycles. The monoisotopic (exact) mass is 513 g/mol. The molecule has 3 aliphatic rings. The van der Waals surface area contributed by atoms with Gasteiger partial charge >= 0.3 is 6.09 Å². The number of fused-ring (bicyclic) bond motifs is 4. The molecule has 0 radical (unpaired) electrons. The number of ether oxygens (including phenoxy) is 3.